The molecule has 1 heterocycles. The van der Waals surface area contributed by atoms with Crippen LogP contribution in [0.5, 0.6) is 0 Å². The van der Waals surface area contributed by atoms with Gasteiger partial charge in [0, 0.05) is 17.1 Å². The standard InChI is InChI=1S/C10H16N2S/c1-2-12-9(5-8-3-4-8)10-6-11-7-13-10/h6-9,12H,2-5H2,1H3. The summed E-state index contributed by atoms with van der Waals surface area (Å²) in [5.74, 6) is 0.978. The summed E-state index contributed by atoms with van der Waals surface area (Å²) < 4.78 is 0. The maximum absolute atomic E-state index is 4.13. The first-order chi connectivity index (χ1) is 6.40. The maximum Gasteiger partial charge on any atom is 0.0794 e. The highest BCUT2D eigenvalue weighted by Crippen LogP contribution is 2.38. The minimum atomic E-state index is 0.560. The Balaban J connectivity index is 1.95. The third-order valence-corrected chi connectivity index (χ3v) is 3.40. The molecule has 72 valence electrons. The molecule has 1 aliphatic rings. The van der Waals surface area contributed by atoms with E-state index >= 15 is 0 Å². The maximum atomic E-state index is 4.13. The minimum Gasteiger partial charge on any atom is -0.309 e. The van der Waals surface area contributed by atoms with E-state index in [0.29, 0.717) is 6.04 Å². The Bertz CT molecular complexity index is 241. The van der Waals surface area contributed by atoms with Crippen LogP contribution in [0.15, 0.2) is 11.7 Å². The van der Waals surface area contributed by atoms with Gasteiger partial charge in [-0.05, 0) is 18.9 Å². The van der Waals surface area contributed by atoms with Gasteiger partial charge in [-0.25, -0.2) is 0 Å². The fourth-order valence-electron chi connectivity index (χ4n) is 1.63. The van der Waals surface area contributed by atoms with E-state index in [9.17, 15) is 0 Å². The summed E-state index contributed by atoms with van der Waals surface area (Å²) in [5, 5.41) is 3.53. The molecule has 0 amide bonds. The van der Waals surface area contributed by atoms with Gasteiger partial charge >= 0.3 is 0 Å². The second-order valence-corrected chi connectivity index (χ2v) is 4.61. The lowest BCUT2D eigenvalue weighted by Gasteiger charge is -2.14. The number of aromatic nitrogens is 1. The molecule has 1 atom stereocenters. The lowest BCUT2D eigenvalue weighted by molar-refractivity contribution is 0.493. The third-order valence-electron chi connectivity index (χ3n) is 2.51. The Hall–Kier alpha value is -0.410. The topological polar surface area (TPSA) is 24.9 Å². The van der Waals surface area contributed by atoms with E-state index in [1.807, 2.05) is 11.7 Å². The van der Waals surface area contributed by atoms with Crippen LogP contribution in [0.1, 0.15) is 37.1 Å². The Morgan fingerprint density at radius 3 is 3.08 bits per heavy atom. The fourth-order valence-corrected chi connectivity index (χ4v) is 2.34. The molecule has 0 saturated heterocycles. The summed E-state index contributed by atoms with van der Waals surface area (Å²) in [5.41, 5.74) is 1.92. The molecule has 13 heavy (non-hydrogen) atoms. The predicted molar refractivity (Wildman–Crippen MR) is 55.9 cm³/mol. The number of nitrogens with zero attached hydrogens (tertiary/aromatic N) is 1. The number of thiazole rings is 1. The van der Waals surface area contributed by atoms with Gasteiger partial charge in [0.05, 0.1) is 5.51 Å². The molecule has 0 spiro atoms. The van der Waals surface area contributed by atoms with Gasteiger partial charge in [-0.2, -0.15) is 0 Å². The smallest absolute Gasteiger partial charge is 0.0794 e. The Kier molecular flexibility index (Phi) is 2.96. The lowest BCUT2D eigenvalue weighted by Crippen LogP contribution is -2.20. The van der Waals surface area contributed by atoms with Crippen LogP contribution >= 0.6 is 11.3 Å². The molecule has 1 saturated carbocycles. The molecule has 3 heteroatoms. The molecule has 1 unspecified atom stereocenters. The van der Waals surface area contributed by atoms with E-state index in [2.05, 4.69) is 17.2 Å². The SMILES string of the molecule is CCNC(CC1CC1)c1cncs1. The van der Waals surface area contributed by atoms with Crippen LogP contribution in [-0.2, 0) is 0 Å². The average molecular weight is 196 g/mol. The predicted octanol–water partition coefficient (Wildman–Crippen LogP) is 2.59. The van der Waals surface area contributed by atoms with Crippen molar-refractivity contribution < 1.29 is 0 Å². The van der Waals surface area contributed by atoms with Gasteiger partial charge < -0.3 is 5.32 Å². The zero-order chi connectivity index (χ0) is 9.10. The number of rotatable bonds is 5. The molecule has 1 aromatic rings. The van der Waals surface area contributed by atoms with Gasteiger partial charge in [0.2, 0.25) is 0 Å². The van der Waals surface area contributed by atoms with E-state index < -0.39 is 0 Å². The van der Waals surface area contributed by atoms with Crippen molar-refractivity contribution in [1.82, 2.24) is 10.3 Å². The highest BCUT2D eigenvalue weighted by molar-refractivity contribution is 7.09. The summed E-state index contributed by atoms with van der Waals surface area (Å²) in [4.78, 5) is 5.53. The highest BCUT2D eigenvalue weighted by atomic mass is 32.1. The van der Waals surface area contributed by atoms with Gasteiger partial charge in [0.1, 0.15) is 0 Å². The normalized spacial score (nSPS) is 18.8. The zero-order valence-electron chi connectivity index (χ0n) is 7.99. The summed E-state index contributed by atoms with van der Waals surface area (Å²) in [7, 11) is 0. The van der Waals surface area contributed by atoms with E-state index in [1.165, 1.54) is 24.1 Å². The Labute approximate surface area is 83.4 Å². The molecule has 0 aliphatic heterocycles. The van der Waals surface area contributed by atoms with Crippen LogP contribution in [0.2, 0.25) is 0 Å². The van der Waals surface area contributed by atoms with Gasteiger partial charge in [0.15, 0.2) is 0 Å². The van der Waals surface area contributed by atoms with Crippen molar-refractivity contribution in [3.63, 3.8) is 0 Å². The van der Waals surface area contributed by atoms with Crippen molar-refractivity contribution in [3.05, 3.63) is 16.6 Å². The van der Waals surface area contributed by atoms with Crippen molar-refractivity contribution >= 4 is 11.3 Å². The van der Waals surface area contributed by atoms with Gasteiger partial charge in [-0.15, -0.1) is 11.3 Å². The summed E-state index contributed by atoms with van der Waals surface area (Å²) in [6, 6.07) is 0.560. The van der Waals surface area contributed by atoms with E-state index in [4.69, 9.17) is 0 Å². The van der Waals surface area contributed by atoms with E-state index in [0.717, 1.165) is 12.5 Å². The summed E-state index contributed by atoms with van der Waals surface area (Å²) >= 11 is 1.77. The lowest BCUT2D eigenvalue weighted by atomic mass is 10.1. The van der Waals surface area contributed by atoms with Gasteiger partial charge in [0.25, 0.3) is 0 Å². The molecular formula is C10H16N2S. The second-order valence-electron chi connectivity index (χ2n) is 3.69. The molecular weight excluding hydrogens is 180 g/mol. The molecule has 1 fully saturated rings. The first kappa shape index (κ1) is 9.16. The molecule has 0 aromatic carbocycles. The summed E-state index contributed by atoms with van der Waals surface area (Å²) in [6.07, 6.45) is 6.16. The van der Waals surface area contributed by atoms with Crippen molar-refractivity contribution in [2.45, 2.75) is 32.2 Å². The number of hydrogen-bond donors (Lipinski definition) is 1. The van der Waals surface area contributed by atoms with Crippen LogP contribution in [0.4, 0.5) is 0 Å². The molecule has 1 N–H and O–H groups in total. The van der Waals surface area contributed by atoms with Crippen molar-refractivity contribution in [2.24, 2.45) is 5.92 Å². The van der Waals surface area contributed by atoms with E-state index in [1.54, 1.807) is 11.3 Å². The van der Waals surface area contributed by atoms with Crippen LogP contribution in [0.3, 0.4) is 0 Å². The van der Waals surface area contributed by atoms with Crippen molar-refractivity contribution in [1.29, 1.82) is 0 Å². The highest BCUT2D eigenvalue weighted by Gasteiger charge is 2.26. The quantitative estimate of drug-likeness (QED) is 0.783. The molecule has 1 aromatic heterocycles. The van der Waals surface area contributed by atoms with Gasteiger partial charge in [-0.1, -0.05) is 19.8 Å². The van der Waals surface area contributed by atoms with E-state index in [-0.39, 0.29) is 0 Å². The molecule has 1 aliphatic carbocycles. The summed E-state index contributed by atoms with van der Waals surface area (Å²) in [6.45, 7) is 3.22. The Morgan fingerprint density at radius 2 is 2.54 bits per heavy atom. The monoisotopic (exact) mass is 196 g/mol. The molecule has 0 bridgehead atoms. The zero-order valence-corrected chi connectivity index (χ0v) is 8.81. The van der Waals surface area contributed by atoms with Gasteiger partial charge in [-0.3, -0.25) is 4.98 Å². The van der Waals surface area contributed by atoms with Crippen LogP contribution in [-0.4, -0.2) is 11.5 Å². The van der Waals surface area contributed by atoms with Crippen molar-refractivity contribution in [2.75, 3.05) is 6.54 Å². The average Bonchev–Trinajstić information content (AvgIpc) is 2.80. The van der Waals surface area contributed by atoms with Crippen LogP contribution < -0.4 is 5.32 Å². The molecule has 2 rings (SSSR count). The van der Waals surface area contributed by atoms with Crippen LogP contribution in [0, 0.1) is 5.92 Å². The number of hydrogen-bond acceptors (Lipinski definition) is 3. The first-order valence-corrected chi connectivity index (χ1v) is 5.90. The molecule has 0 radical (unpaired) electrons. The fraction of sp³-hybridized carbons (Fsp3) is 0.700. The number of nitrogens with one attached hydrogen (secondary N) is 1. The minimum absolute atomic E-state index is 0.560. The largest absolute Gasteiger partial charge is 0.309 e. The van der Waals surface area contributed by atoms with Crippen LogP contribution in [0.25, 0.3) is 0 Å². The second kappa shape index (κ2) is 4.20. The first-order valence-electron chi connectivity index (χ1n) is 5.02. The third kappa shape index (κ3) is 2.51. The molecule has 2 nitrogen and oxygen atoms in total. The van der Waals surface area contributed by atoms with Crippen molar-refractivity contribution in [3.8, 4) is 0 Å². The Morgan fingerprint density at radius 1 is 1.69 bits per heavy atom.